The number of carbonyl (C=O) groups excluding carboxylic acids is 1. The molecule has 0 saturated carbocycles. The Bertz CT molecular complexity index is 1380. The lowest BCUT2D eigenvalue weighted by Gasteiger charge is -2.31. The number of alkyl halides is 4. The van der Waals surface area contributed by atoms with Crippen LogP contribution in [0, 0.1) is 0 Å². The number of hydrazone groups is 1. The van der Waals surface area contributed by atoms with Crippen LogP contribution in [-0.4, -0.2) is 66.9 Å². The highest BCUT2D eigenvalue weighted by atomic mass is 35.5. The Balaban J connectivity index is 2.03. The summed E-state index contributed by atoms with van der Waals surface area (Å²) < 4.78 is 59.2. The molecule has 3 aromatic rings. The zero-order valence-electron chi connectivity index (χ0n) is 21.3. The summed E-state index contributed by atoms with van der Waals surface area (Å²) in [5.41, 5.74) is 7.46. The second-order valence-electron chi connectivity index (χ2n) is 8.04. The van der Waals surface area contributed by atoms with Crippen LogP contribution in [0.1, 0.15) is 28.5 Å². The lowest BCUT2D eigenvalue weighted by atomic mass is 10.0. The second kappa shape index (κ2) is 13.7. The summed E-state index contributed by atoms with van der Waals surface area (Å²) >= 11 is 6.20. The van der Waals surface area contributed by atoms with Crippen molar-refractivity contribution in [1.82, 2.24) is 14.7 Å². The molecule has 0 radical (unpaired) electrons. The molecule has 0 saturated heterocycles. The van der Waals surface area contributed by atoms with Crippen molar-refractivity contribution in [3.05, 3.63) is 71.0 Å². The molecule has 1 heterocycles. The van der Waals surface area contributed by atoms with E-state index in [1.54, 1.807) is 12.1 Å². The van der Waals surface area contributed by atoms with Crippen LogP contribution in [0.3, 0.4) is 0 Å². The second-order valence-corrected chi connectivity index (χ2v) is 8.45. The Morgan fingerprint density at radius 2 is 1.90 bits per heavy atom. The van der Waals surface area contributed by atoms with Crippen LogP contribution in [0.4, 0.5) is 23.2 Å². The van der Waals surface area contributed by atoms with E-state index in [1.165, 1.54) is 56.9 Å². The van der Waals surface area contributed by atoms with Gasteiger partial charge in [-0.2, -0.15) is 27.8 Å². The first kappa shape index (κ1) is 30.2. The first-order chi connectivity index (χ1) is 19.1. The first-order valence-corrected chi connectivity index (χ1v) is 11.8. The van der Waals surface area contributed by atoms with Gasteiger partial charge in [-0.15, -0.1) is 0 Å². The van der Waals surface area contributed by atoms with E-state index in [0.29, 0.717) is 26.4 Å². The third-order valence-electron chi connectivity index (χ3n) is 5.64. The largest absolute Gasteiger partial charge is 0.382 e. The van der Waals surface area contributed by atoms with Crippen molar-refractivity contribution in [3.63, 3.8) is 0 Å². The number of methoxy groups -OCH3 is 1. The number of nitrogens with zero attached hydrogens (tertiary/aromatic N) is 7. The Kier molecular flexibility index (Phi) is 10.3. The molecule has 1 unspecified atom stereocenters. The molecule has 3 rings (SSSR count). The van der Waals surface area contributed by atoms with Crippen molar-refractivity contribution >= 4 is 42.2 Å². The fourth-order valence-corrected chi connectivity index (χ4v) is 3.96. The molecule has 0 bridgehead atoms. The van der Waals surface area contributed by atoms with Gasteiger partial charge in [0.1, 0.15) is 6.34 Å². The van der Waals surface area contributed by atoms with E-state index in [4.69, 9.17) is 22.1 Å². The van der Waals surface area contributed by atoms with Crippen LogP contribution in [0.15, 0.2) is 69.9 Å². The molecule has 0 aliphatic carbocycles. The standard InChI is InChI=1S/C25H25ClF4N8O2/c1-32-14-35-38(24(29)30)20-10-17(8-9-19(20)26)21(13-40-3)37(25(31)33-2)22(39)16-6-4-15(5-7-16)18-11-34-36(12-18)23(27)28/h4-12,14,21,23-24H,1,13H2,2-3H3,(H2,31,33)/b35-14-. The predicted molar refractivity (Wildman–Crippen MR) is 145 cm³/mol. The van der Waals surface area contributed by atoms with Crippen LogP contribution in [0.2, 0.25) is 5.02 Å². The lowest BCUT2D eigenvalue weighted by Crippen LogP contribution is -2.46. The number of benzene rings is 2. The smallest absolute Gasteiger partial charge is 0.333 e. The molecule has 40 heavy (non-hydrogen) atoms. The molecule has 10 nitrogen and oxygen atoms in total. The Labute approximate surface area is 232 Å². The molecule has 2 N–H and O–H groups in total. The maximum atomic E-state index is 13.8. The van der Waals surface area contributed by atoms with Crippen LogP contribution in [-0.2, 0) is 4.74 Å². The van der Waals surface area contributed by atoms with Gasteiger partial charge in [-0.1, -0.05) is 29.8 Å². The van der Waals surface area contributed by atoms with E-state index in [1.807, 2.05) is 0 Å². The van der Waals surface area contributed by atoms with Crippen molar-refractivity contribution in [2.45, 2.75) is 19.1 Å². The Hall–Kier alpha value is -4.30. The molecule has 1 amide bonds. The average Bonchev–Trinajstić information content (AvgIpc) is 3.44. The molecule has 0 fully saturated rings. The highest BCUT2D eigenvalue weighted by molar-refractivity contribution is 6.33. The van der Waals surface area contributed by atoms with Gasteiger partial charge >= 0.3 is 13.1 Å². The highest BCUT2D eigenvalue weighted by Crippen LogP contribution is 2.34. The number of aliphatic imine (C=N–C) groups is 2. The number of carbonyl (C=O) groups is 1. The van der Waals surface area contributed by atoms with E-state index >= 15 is 0 Å². The quantitative estimate of drug-likeness (QED) is 0.112. The minimum Gasteiger partial charge on any atom is -0.382 e. The van der Waals surface area contributed by atoms with Crippen molar-refractivity contribution in [2.75, 3.05) is 25.8 Å². The molecule has 1 aromatic heterocycles. The van der Waals surface area contributed by atoms with Crippen molar-refractivity contribution < 1.29 is 27.1 Å². The van der Waals surface area contributed by atoms with Crippen LogP contribution >= 0.6 is 11.6 Å². The Morgan fingerprint density at radius 3 is 2.45 bits per heavy atom. The topological polar surface area (TPSA) is 114 Å². The van der Waals surface area contributed by atoms with Gasteiger partial charge in [-0.05, 0) is 42.1 Å². The zero-order chi connectivity index (χ0) is 29.4. The van der Waals surface area contributed by atoms with Crippen molar-refractivity contribution in [3.8, 4) is 11.1 Å². The number of halogens is 5. The number of rotatable bonds is 11. The monoisotopic (exact) mass is 580 g/mol. The van der Waals surface area contributed by atoms with Gasteiger partial charge in [0, 0.05) is 31.5 Å². The number of aromatic nitrogens is 2. The number of nitrogens with two attached hydrogens (primary N) is 1. The third kappa shape index (κ3) is 6.82. The van der Waals surface area contributed by atoms with Gasteiger partial charge in [-0.25, -0.2) is 9.69 Å². The van der Waals surface area contributed by atoms with Crippen LogP contribution in [0.5, 0.6) is 0 Å². The van der Waals surface area contributed by atoms with E-state index in [0.717, 1.165) is 11.2 Å². The summed E-state index contributed by atoms with van der Waals surface area (Å²) in [4.78, 5) is 22.2. The van der Waals surface area contributed by atoms with Gasteiger partial charge in [-0.3, -0.25) is 19.7 Å². The van der Waals surface area contributed by atoms with E-state index in [9.17, 15) is 22.4 Å². The SMILES string of the molecule is C=N/C=N\N(c1cc(C(COC)N(C(=O)c2ccc(-c3cnn(C(F)F)c3)cc2)C(N)=NC)ccc1Cl)C(F)F. The van der Waals surface area contributed by atoms with Gasteiger partial charge in [0.25, 0.3) is 5.91 Å². The Morgan fingerprint density at radius 1 is 1.20 bits per heavy atom. The van der Waals surface area contributed by atoms with Crippen molar-refractivity contribution in [2.24, 2.45) is 20.8 Å². The maximum absolute atomic E-state index is 13.8. The number of hydrogen-bond donors (Lipinski definition) is 1. The molecule has 0 aliphatic heterocycles. The van der Waals surface area contributed by atoms with E-state index < -0.39 is 25.0 Å². The summed E-state index contributed by atoms with van der Waals surface area (Å²) in [6.45, 7) is -2.77. The van der Waals surface area contributed by atoms with Gasteiger partial charge in [0.2, 0.25) is 0 Å². The molecular weight excluding hydrogens is 556 g/mol. The number of guanidine groups is 1. The lowest BCUT2D eigenvalue weighted by molar-refractivity contribution is 0.0566. The van der Waals surface area contributed by atoms with Crippen LogP contribution in [0.25, 0.3) is 11.1 Å². The molecule has 1 atom stereocenters. The summed E-state index contributed by atoms with van der Waals surface area (Å²) in [6, 6.07) is 9.40. The van der Waals surface area contributed by atoms with Gasteiger partial charge < -0.3 is 10.5 Å². The van der Waals surface area contributed by atoms with Gasteiger partial charge in [0.15, 0.2) is 5.96 Å². The predicted octanol–water partition coefficient (Wildman–Crippen LogP) is 5.05. The minimum absolute atomic E-state index is 0.0396. The summed E-state index contributed by atoms with van der Waals surface area (Å²) in [6.07, 6.45) is 3.29. The molecule has 212 valence electrons. The first-order valence-electron chi connectivity index (χ1n) is 11.5. The fraction of sp³-hybridized carbons (Fsp3) is 0.240. The zero-order valence-corrected chi connectivity index (χ0v) is 22.1. The molecular formula is C25H25ClF4N8O2. The summed E-state index contributed by atoms with van der Waals surface area (Å²) in [5.74, 6) is -0.763. The number of amides is 1. The van der Waals surface area contributed by atoms with E-state index in [2.05, 4.69) is 26.9 Å². The molecule has 15 heteroatoms. The highest BCUT2D eigenvalue weighted by Gasteiger charge is 2.31. The maximum Gasteiger partial charge on any atom is 0.333 e. The minimum atomic E-state index is -3.07. The molecule has 2 aromatic carbocycles. The molecule has 0 spiro atoms. The number of ether oxygens (including phenoxy) is 1. The number of anilines is 1. The summed E-state index contributed by atoms with van der Waals surface area (Å²) in [7, 11) is 2.78. The normalized spacial score (nSPS) is 12.8. The molecule has 0 aliphatic rings. The van der Waals surface area contributed by atoms with Crippen LogP contribution < -0.4 is 10.7 Å². The summed E-state index contributed by atoms with van der Waals surface area (Å²) in [5, 5.41) is 7.50. The van der Waals surface area contributed by atoms with Crippen molar-refractivity contribution in [1.29, 1.82) is 0 Å². The third-order valence-corrected chi connectivity index (χ3v) is 5.96. The van der Waals surface area contributed by atoms with E-state index in [-0.39, 0.29) is 28.8 Å². The van der Waals surface area contributed by atoms with Gasteiger partial charge in [0.05, 0.1) is 29.6 Å². The number of hydrogen-bond acceptors (Lipinski definition) is 6. The fourth-order valence-electron chi connectivity index (χ4n) is 3.75. The average molecular weight is 581 g/mol.